The number of pyridine rings is 1. The first-order valence-corrected chi connectivity index (χ1v) is 15.5. The molecule has 5 aromatic rings. The molecule has 2 aromatic heterocycles. The SMILES string of the molecule is Cc1ccc(S(=O)(=O)OCC/C=C/c2ccc3c(Nc4ccc(Sc5nccn5C)c(Cl)c4)c(C#N)cnc3c2)cc1. The molecule has 0 amide bonds. The fourth-order valence-electron chi connectivity index (χ4n) is 4.11. The molecular formula is C31H26ClN5O3S2. The van der Waals surface area contributed by atoms with Crippen LogP contribution >= 0.6 is 23.4 Å². The maximum atomic E-state index is 12.4. The van der Waals surface area contributed by atoms with Crippen molar-refractivity contribution in [2.45, 2.75) is 28.3 Å². The first-order chi connectivity index (χ1) is 20.2. The van der Waals surface area contributed by atoms with Gasteiger partial charge in [0.2, 0.25) is 0 Å². The number of hydrogen-bond acceptors (Lipinski definition) is 8. The van der Waals surface area contributed by atoms with E-state index in [1.165, 1.54) is 30.1 Å². The average molecular weight is 616 g/mol. The molecule has 0 spiro atoms. The Labute approximate surface area is 253 Å². The lowest BCUT2D eigenvalue weighted by atomic mass is 10.1. The van der Waals surface area contributed by atoms with Crippen LogP contribution in [0.4, 0.5) is 11.4 Å². The number of fused-ring (bicyclic) bond motifs is 1. The summed E-state index contributed by atoms with van der Waals surface area (Å²) in [6.07, 6.45) is 9.29. The number of halogens is 1. The van der Waals surface area contributed by atoms with Crippen LogP contribution in [-0.2, 0) is 21.3 Å². The number of nitrogens with zero attached hydrogens (tertiary/aromatic N) is 4. The zero-order chi connectivity index (χ0) is 29.7. The van der Waals surface area contributed by atoms with Crippen molar-refractivity contribution in [3.05, 3.63) is 107 Å². The van der Waals surface area contributed by atoms with Gasteiger partial charge in [-0.05, 0) is 55.3 Å². The summed E-state index contributed by atoms with van der Waals surface area (Å²) < 4.78 is 31.8. The summed E-state index contributed by atoms with van der Waals surface area (Å²) in [7, 11) is -1.87. The van der Waals surface area contributed by atoms with Gasteiger partial charge < -0.3 is 9.88 Å². The van der Waals surface area contributed by atoms with Crippen molar-refractivity contribution in [2.75, 3.05) is 11.9 Å². The molecule has 5 rings (SSSR count). The quantitative estimate of drug-likeness (QED) is 0.127. The van der Waals surface area contributed by atoms with Crippen molar-refractivity contribution >= 4 is 61.8 Å². The van der Waals surface area contributed by atoms with E-state index in [2.05, 4.69) is 21.4 Å². The number of nitriles is 1. The summed E-state index contributed by atoms with van der Waals surface area (Å²) in [4.78, 5) is 9.81. The highest BCUT2D eigenvalue weighted by Gasteiger charge is 2.14. The van der Waals surface area contributed by atoms with E-state index in [-0.39, 0.29) is 11.5 Å². The third-order valence-electron chi connectivity index (χ3n) is 6.34. The van der Waals surface area contributed by atoms with E-state index in [1.54, 1.807) is 18.3 Å². The smallest absolute Gasteiger partial charge is 0.296 e. The minimum atomic E-state index is -3.80. The van der Waals surface area contributed by atoms with E-state index in [4.69, 9.17) is 15.8 Å². The largest absolute Gasteiger partial charge is 0.354 e. The fraction of sp³-hybridized carbons (Fsp3) is 0.129. The predicted molar refractivity (Wildman–Crippen MR) is 166 cm³/mol. The highest BCUT2D eigenvalue weighted by Crippen LogP contribution is 2.36. The van der Waals surface area contributed by atoms with E-state index in [1.807, 2.05) is 73.3 Å². The van der Waals surface area contributed by atoms with Gasteiger partial charge in [0.05, 0.1) is 33.3 Å². The summed E-state index contributed by atoms with van der Waals surface area (Å²) >= 11 is 8.05. The Kier molecular flexibility index (Phi) is 8.94. The number of anilines is 2. The molecule has 0 aliphatic carbocycles. The van der Waals surface area contributed by atoms with Gasteiger partial charge in [-0.3, -0.25) is 9.17 Å². The summed E-state index contributed by atoms with van der Waals surface area (Å²) in [5.74, 6) is 0. The minimum Gasteiger partial charge on any atom is -0.354 e. The minimum absolute atomic E-state index is 0.0275. The van der Waals surface area contributed by atoms with Crippen LogP contribution in [0.25, 0.3) is 17.0 Å². The number of hydrogen-bond donors (Lipinski definition) is 1. The molecule has 0 radical (unpaired) electrons. The lowest BCUT2D eigenvalue weighted by Gasteiger charge is -2.13. The summed E-state index contributed by atoms with van der Waals surface area (Å²) in [5.41, 5.74) is 4.32. The molecule has 0 atom stereocenters. The van der Waals surface area contributed by atoms with E-state index in [0.29, 0.717) is 28.2 Å². The van der Waals surface area contributed by atoms with E-state index >= 15 is 0 Å². The highest BCUT2D eigenvalue weighted by atomic mass is 35.5. The van der Waals surface area contributed by atoms with Crippen molar-refractivity contribution in [2.24, 2.45) is 7.05 Å². The summed E-state index contributed by atoms with van der Waals surface area (Å²) in [5, 5.41) is 15.3. The second-order valence-corrected chi connectivity index (χ2v) is 12.4. The van der Waals surface area contributed by atoms with Crippen molar-refractivity contribution in [1.29, 1.82) is 5.26 Å². The van der Waals surface area contributed by atoms with Gasteiger partial charge in [0.15, 0.2) is 5.16 Å². The zero-order valence-corrected chi connectivity index (χ0v) is 25.2. The van der Waals surface area contributed by atoms with Crippen LogP contribution in [-0.4, -0.2) is 29.6 Å². The Morgan fingerprint density at radius 3 is 2.64 bits per heavy atom. The number of aryl methyl sites for hydroxylation is 2. The molecule has 0 bridgehead atoms. The first kappa shape index (κ1) is 29.4. The second-order valence-electron chi connectivity index (χ2n) is 9.41. The monoisotopic (exact) mass is 615 g/mol. The molecular weight excluding hydrogens is 590 g/mol. The molecule has 1 N–H and O–H groups in total. The Morgan fingerprint density at radius 1 is 1.12 bits per heavy atom. The van der Waals surface area contributed by atoms with Crippen LogP contribution in [0.5, 0.6) is 0 Å². The Morgan fingerprint density at radius 2 is 1.93 bits per heavy atom. The standard InChI is InChI=1S/C31H26ClN5O3S2/c1-21-6-10-25(11-7-21)42(38,39)40-16-4-3-5-22-8-12-26-28(17-22)35-20-23(19-33)30(26)36-24-9-13-29(27(32)18-24)41-31-34-14-15-37(31)2/h3,5-15,17-18,20H,4,16H2,1-2H3,(H,35,36)/b5-3+. The van der Waals surface area contributed by atoms with Crippen molar-refractivity contribution in [3.8, 4) is 6.07 Å². The van der Waals surface area contributed by atoms with Crippen molar-refractivity contribution in [1.82, 2.24) is 14.5 Å². The average Bonchev–Trinajstić information content (AvgIpc) is 3.38. The van der Waals surface area contributed by atoms with Crippen LogP contribution in [0.2, 0.25) is 5.02 Å². The van der Waals surface area contributed by atoms with Gasteiger partial charge in [0, 0.05) is 41.6 Å². The predicted octanol–water partition coefficient (Wildman–Crippen LogP) is 7.51. The van der Waals surface area contributed by atoms with Gasteiger partial charge in [-0.1, -0.05) is 65.3 Å². The van der Waals surface area contributed by atoms with Gasteiger partial charge in [-0.25, -0.2) is 4.98 Å². The number of nitrogens with one attached hydrogen (secondary N) is 1. The summed E-state index contributed by atoms with van der Waals surface area (Å²) in [6, 6.07) is 20.1. The third-order valence-corrected chi connectivity index (χ3v) is 9.24. The number of rotatable bonds is 10. The summed E-state index contributed by atoms with van der Waals surface area (Å²) in [6.45, 7) is 1.92. The van der Waals surface area contributed by atoms with E-state index < -0.39 is 10.1 Å². The van der Waals surface area contributed by atoms with Gasteiger partial charge in [0.25, 0.3) is 10.1 Å². The molecule has 0 saturated heterocycles. The number of benzene rings is 3. The molecule has 0 saturated carbocycles. The molecule has 2 heterocycles. The highest BCUT2D eigenvalue weighted by molar-refractivity contribution is 7.99. The van der Waals surface area contributed by atoms with Crippen molar-refractivity contribution in [3.63, 3.8) is 0 Å². The van der Waals surface area contributed by atoms with Crippen LogP contribution in [0.3, 0.4) is 0 Å². The lowest BCUT2D eigenvalue weighted by Crippen LogP contribution is -2.07. The zero-order valence-electron chi connectivity index (χ0n) is 22.8. The normalized spacial score (nSPS) is 11.7. The fourth-order valence-corrected chi connectivity index (χ4v) is 6.13. The molecule has 3 aromatic carbocycles. The third kappa shape index (κ3) is 6.83. The first-order valence-electron chi connectivity index (χ1n) is 12.9. The van der Waals surface area contributed by atoms with Gasteiger partial charge in [-0.15, -0.1) is 0 Å². The molecule has 212 valence electrons. The maximum absolute atomic E-state index is 12.4. The topological polar surface area (TPSA) is 110 Å². The van der Waals surface area contributed by atoms with Gasteiger partial charge in [0.1, 0.15) is 6.07 Å². The van der Waals surface area contributed by atoms with Crippen molar-refractivity contribution < 1.29 is 12.6 Å². The van der Waals surface area contributed by atoms with Crippen LogP contribution in [0, 0.1) is 18.3 Å². The second kappa shape index (κ2) is 12.8. The lowest BCUT2D eigenvalue weighted by molar-refractivity contribution is 0.325. The van der Waals surface area contributed by atoms with E-state index in [0.717, 1.165) is 32.3 Å². The molecule has 0 fully saturated rings. The van der Waals surface area contributed by atoms with Crippen LogP contribution < -0.4 is 5.32 Å². The number of imidazole rings is 1. The Balaban J connectivity index is 1.28. The Bertz CT molecular complexity index is 1930. The van der Waals surface area contributed by atoms with Crippen LogP contribution in [0.15, 0.2) is 100 Å². The Hall–Kier alpha value is -4.14. The molecule has 0 aliphatic rings. The molecule has 0 unspecified atom stereocenters. The van der Waals surface area contributed by atoms with Gasteiger partial charge >= 0.3 is 0 Å². The molecule has 11 heteroatoms. The van der Waals surface area contributed by atoms with E-state index in [9.17, 15) is 13.7 Å². The number of aromatic nitrogens is 3. The van der Waals surface area contributed by atoms with Crippen LogP contribution in [0.1, 0.15) is 23.1 Å². The molecule has 8 nitrogen and oxygen atoms in total. The van der Waals surface area contributed by atoms with Gasteiger partial charge in [-0.2, -0.15) is 13.7 Å². The molecule has 42 heavy (non-hydrogen) atoms. The maximum Gasteiger partial charge on any atom is 0.296 e. The molecule has 0 aliphatic heterocycles.